The molecule has 3 unspecified atom stereocenters. The van der Waals surface area contributed by atoms with E-state index in [0.717, 1.165) is 25.0 Å². The fourth-order valence-corrected chi connectivity index (χ4v) is 5.28. The molecule has 1 heterocycles. The fourth-order valence-electron chi connectivity index (χ4n) is 4.83. The number of nitrogens with zero attached hydrogens (tertiary/aromatic N) is 1. The Labute approximate surface area is 166 Å². The molecule has 0 radical (unpaired) electrons. The Kier molecular flexibility index (Phi) is 5.14. The average molecular weight is 384 g/mol. The Balaban J connectivity index is 1.70. The van der Waals surface area contributed by atoms with E-state index in [-0.39, 0.29) is 16.8 Å². The lowest BCUT2D eigenvalue weighted by atomic mass is 9.68. The number of likely N-dealkylation sites (tertiary alicyclic amines) is 1. The van der Waals surface area contributed by atoms with Crippen molar-refractivity contribution in [3.05, 3.63) is 65.7 Å². The summed E-state index contributed by atoms with van der Waals surface area (Å²) in [6.07, 6.45) is 5.37. The quantitative estimate of drug-likeness (QED) is 0.659. The number of hydrogen-bond donors (Lipinski definition) is 0. The van der Waals surface area contributed by atoms with Gasteiger partial charge >= 0.3 is 0 Å². The molecule has 2 aliphatic rings. The molecular weight excluding hydrogens is 358 g/mol. The second-order valence-corrected chi connectivity index (χ2v) is 8.47. The number of alkyl halides is 1. The minimum Gasteiger partial charge on any atom is -0.497 e. The van der Waals surface area contributed by atoms with Crippen molar-refractivity contribution >= 4 is 17.5 Å². The molecule has 1 saturated carbocycles. The number of carbonyl (C=O) groups excluding carboxylic acids is 1. The third-order valence-corrected chi connectivity index (χ3v) is 6.90. The first-order chi connectivity index (χ1) is 13.1. The van der Waals surface area contributed by atoms with Gasteiger partial charge in [0.05, 0.1) is 18.0 Å². The van der Waals surface area contributed by atoms with E-state index in [1.54, 1.807) is 7.11 Å². The summed E-state index contributed by atoms with van der Waals surface area (Å²) in [5, 5.41) is 0. The Morgan fingerprint density at radius 1 is 1.07 bits per heavy atom. The molecule has 1 saturated heterocycles. The number of fused-ring (bicyclic) bond motifs is 1. The van der Waals surface area contributed by atoms with Crippen LogP contribution in [0.1, 0.15) is 54.1 Å². The van der Waals surface area contributed by atoms with Crippen molar-refractivity contribution in [2.24, 2.45) is 5.92 Å². The van der Waals surface area contributed by atoms with E-state index < -0.39 is 0 Å². The second-order valence-electron chi connectivity index (χ2n) is 7.72. The average Bonchev–Trinajstić information content (AvgIpc) is 2.72. The standard InChI is InChI=1S/C23H26ClNO2/c1-27-19-12-10-18(11-13-19)22(26)25-16-15-23(24)14-6-5-9-20(23)21(25)17-7-3-2-4-8-17/h2-4,7-8,10-13,20-21H,5-6,9,14-16H2,1H3. The molecule has 3 nitrogen and oxygen atoms in total. The zero-order chi connectivity index (χ0) is 18.9. The highest BCUT2D eigenvalue weighted by atomic mass is 35.5. The van der Waals surface area contributed by atoms with Crippen LogP contribution in [0, 0.1) is 5.92 Å². The highest BCUT2D eigenvalue weighted by Gasteiger charge is 2.50. The van der Waals surface area contributed by atoms with Gasteiger partial charge in [0.15, 0.2) is 0 Å². The van der Waals surface area contributed by atoms with E-state index in [2.05, 4.69) is 24.3 Å². The highest BCUT2D eigenvalue weighted by molar-refractivity contribution is 6.24. The van der Waals surface area contributed by atoms with Crippen molar-refractivity contribution in [3.63, 3.8) is 0 Å². The normalized spacial score (nSPS) is 27.7. The smallest absolute Gasteiger partial charge is 0.254 e. The minimum absolute atomic E-state index is 0.0346. The molecule has 4 heteroatoms. The molecule has 27 heavy (non-hydrogen) atoms. The Bertz CT molecular complexity index is 792. The van der Waals surface area contributed by atoms with Gasteiger partial charge in [-0.25, -0.2) is 0 Å². The maximum Gasteiger partial charge on any atom is 0.254 e. The molecule has 0 bridgehead atoms. The Morgan fingerprint density at radius 3 is 2.52 bits per heavy atom. The number of halogens is 1. The molecule has 2 aromatic carbocycles. The van der Waals surface area contributed by atoms with Crippen LogP contribution in [0.25, 0.3) is 0 Å². The third-order valence-electron chi connectivity index (χ3n) is 6.25. The molecule has 1 aliphatic heterocycles. The molecule has 3 atom stereocenters. The van der Waals surface area contributed by atoms with Gasteiger partial charge in [-0.05, 0) is 49.1 Å². The first-order valence-electron chi connectivity index (χ1n) is 9.81. The number of rotatable bonds is 3. The van der Waals surface area contributed by atoms with Crippen molar-refractivity contribution in [2.45, 2.75) is 43.0 Å². The molecule has 1 aliphatic carbocycles. The number of benzene rings is 2. The summed E-state index contributed by atoms with van der Waals surface area (Å²) in [6, 6.07) is 17.8. The van der Waals surface area contributed by atoms with Gasteiger partial charge in [-0.2, -0.15) is 0 Å². The van der Waals surface area contributed by atoms with Gasteiger partial charge in [0, 0.05) is 18.0 Å². The van der Waals surface area contributed by atoms with Crippen LogP contribution in [0.5, 0.6) is 5.75 Å². The van der Waals surface area contributed by atoms with Gasteiger partial charge in [-0.1, -0.05) is 43.2 Å². The fraction of sp³-hybridized carbons (Fsp3) is 0.435. The lowest BCUT2D eigenvalue weighted by molar-refractivity contribution is 0.0279. The molecule has 2 fully saturated rings. The van der Waals surface area contributed by atoms with Gasteiger partial charge in [0.2, 0.25) is 0 Å². The Morgan fingerprint density at radius 2 is 1.81 bits per heavy atom. The molecule has 142 valence electrons. The molecular formula is C23H26ClNO2. The van der Waals surface area contributed by atoms with Crippen LogP contribution in [-0.2, 0) is 0 Å². The number of amides is 1. The predicted octanol–water partition coefficient (Wildman–Crippen LogP) is 5.45. The van der Waals surface area contributed by atoms with Crippen molar-refractivity contribution in [1.82, 2.24) is 4.90 Å². The molecule has 0 aromatic heterocycles. The van der Waals surface area contributed by atoms with Gasteiger partial charge < -0.3 is 9.64 Å². The van der Waals surface area contributed by atoms with Crippen LogP contribution in [0.4, 0.5) is 0 Å². The summed E-state index contributed by atoms with van der Waals surface area (Å²) in [4.78, 5) is 15.3. The van der Waals surface area contributed by atoms with E-state index in [4.69, 9.17) is 16.3 Å². The van der Waals surface area contributed by atoms with E-state index in [0.29, 0.717) is 18.0 Å². The lowest BCUT2D eigenvalue weighted by Gasteiger charge is -2.52. The van der Waals surface area contributed by atoms with Crippen molar-refractivity contribution < 1.29 is 9.53 Å². The maximum absolute atomic E-state index is 13.4. The number of carbonyl (C=O) groups is 1. The molecule has 0 spiro atoms. The monoisotopic (exact) mass is 383 g/mol. The van der Waals surface area contributed by atoms with Crippen LogP contribution >= 0.6 is 11.6 Å². The SMILES string of the molecule is COc1ccc(C(=O)N2CCC3(Cl)CCCCC3C2c2ccccc2)cc1. The van der Waals surface area contributed by atoms with E-state index in [1.807, 2.05) is 35.2 Å². The summed E-state index contributed by atoms with van der Waals surface area (Å²) >= 11 is 7.12. The van der Waals surface area contributed by atoms with E-state index in [1.165, 1.54) is 18.4 Å². The van der Waals surface area contributed by atoms with Gasteiger partial charge in [-0.3, -0.25) is 4.79 Å². The van der Waals surface area contributed by atoms with Crippen LogP contribution in [0.3, 0.4) is 0 Å². The van der Waals surface area contributed by atoms with Gasteiger partial charge in [-0.15, -0.1) is 11.6 Å². The minimum atomic E-state index is -0.185. The first kappa shape index (κ1) is 18.4. The number of ether oxygens (including phenoxy) is 1. The zero-order valence-corrected chi connectivity index (χ0v) is 16.5. The largest absolute Gasteiger partial charge is 0.497 e. The first-order valence-corrected chi connectivity index (χ1v) is 10.2. The summed E-state index contributed by atoms with van der Waals surface area (Å²) in [5.74, 6) is 1.14. The molecule has 2 aromatic rings. The van der Waals surface area contributed by atoms with Crippen LogP contribution in [0.2, 0.25) is 0 Å². The predicted molar refractivity (Wildman–Crippen MR) is 108 cm³/mol. The van der Waals surface area contributed by atoms with Crippen LogP contribution < -0.4 is 4.74 Å². The van der Waals surface area contributed by atoms with Crippen molar-refractivity contribution in [1.29, 1.82) is 0 Å². The van der Waals surface area contributed by atoms with Crippen LogP contribution in [-0.4, -0.2) is 29.3 Å². The molecule has 0 N–H and O–H groups in total. The zero-order valence-electron chi connectivity index (χ0n) is 15.7. The topological polar surface area (TPSA) is 29.5 Å². The van der Waals surface area contributed by atoms with E-state index in [9.17, 15) is 4.79 Å². The summed E-state index contributed by atoms with van der Waals surface area (Å²) < 4.78 is 5.23. The summed E-state index contributed by atoms with van der Waals surface area (Å²) in [5.41, 5.74) is 1.89. The summed E-state index contributed by atoms with van der Waals surface area (Å²) in [7, 11) is 1.63. The number of piperidine rings is 1. The lowest BCUT2D eigenvalue weighted by Crippen LogP contribution is -2.53. The highest BCUT2D eigenvalue weighted by Crippen LogP contribution is 2.52. The van der Waals surface area contributed by atoms with Gasteiger partial charge in [0.25, 0.3) is 5.91 Å². The van der Waals surface area contributed by atoms with Crippen LogP contribution in [0.15, 0.2) is 54.6 Å². The Hall–Kier alpha value is -2.00. The van der Waals surface area contributed by atoms with Crippen molar-refractivity contribution in [3.8, 4) is 5.75 Å². The maximum atomic E-state index is 13.4. The van der Waals surface area contributed by atoms with Crippen molar-refractivity contribution in [2.75, 3.05) is 13.7 Å². The number of hydrogen-bond acceptors (Lipinski definition) is 2. The van der Waals surface area contributed by atoms with E-state index >= 15 is 0 Å². The second kappa shape index (κ2) is 7.55. The molecule has 4 rings (SSSR count). The van der Waals surface area contributed by atoms with Gasteiger partial charge in [0.1, 0.15) is 5.75 Å². The molecule has 1 amide bonds. The summed E-state index contributed by atoms with van der Waals surface area (Å²) in [6.45, 7) is 0.699. The third kappa shape index (κ3) is 3.45. The number of methoxy groups -OCH3 is 1.